The van der Waals surface area contributed by atoms with E-state index in [0.29, 0.717) is 25.7 Å². The van der Waals surface area contributed by atoms with Crippen LogP contribution in [0.2, 0.25) is 0 Å². The molecule has 0 heterocycles. The molecule has 0 aliphatic rings. The first kappa shape index (κ1) is 93.1. The molecule has 0 saturated heterocycles. The lowest BCUT2D eigenvalue weighted by Crippen LogP contribution is -2.30. The van der Waals surface area contributed by atoms with Gasteiger partial charge in [0.25, 0.3) is 0 Å². The summed E-state index contributed by atoms with van der Waals surface area (Å²) >= 11 is 0. The Morgan fingerprint density at radius 3 is 0.800 bits per heavy atom. The fourth-order valence-corrected chi connectivity index (χ4v) is 13.2. The molecule has 0 aromatic heterocycles. The highest BCUT2D eigenvalue weighted by Crippen LogP contribution is 2.45. The summed E-state index contributed by atoms with van der Waals surface area (Å²) in [6, 6.07) is 0. The molecule has 564 valence electrons. The van der Waals surface area contributed by atoms with Crippen LogP contribution in [0.25, 0.3) is 0 Å². The van der Waals surface area contributed by atoms with Gasteiger partial charge in [0.15, 0.2) is 12.2 Å². The van der Waals surface area contributed by atoms with Crippen LogP contribution in [0.3, 0.4) is 0 Å². The van der Waals surface area contributed by atoms with E-state index in [0.717, 1.165) is 102 Å². The standard InChI is InChI=1S/C76H148O17P2/c1-7-10-12-14-16-18-20-21-22-23-24-25-28-36-42-48-54-60-75(80)92-72(65-87-74(79)59-53-47-41-35-29-26-27-32-38-44-50-56-68(4)5)67-91-95(84,85)89-63-70(77)62-88-94(82,83)90-66-71(64-86-73(78)58-52-46-40-34-19-17-15-13-11-8-2)93-76(81)61-55-49-43-37-31-30-33-39-45-51-57-69(6)9-3/h68-72,77H,7-67H2,1-6H3,(H,82,83)(H,84,85)/t69?,70-,71+,72+/m0/s1. The first-order valence-electron chi connectivity index (χ1n) is 39.5. The third kappa shape index (κ3) is 69.0. The van der Waals surface area contributed by atoms with Crippen LogP contribution in [0, 0.1) is 11.8 Å². The summed E-state index contributed by atoms with van der Waals surface area (Å²) in [5, 5.41) is 10.6. The van der Waals surface area contributed by atoms with Crippen LogP contribution in [-0.4, -0.2) is 96.7 Å². The van der Waals surface area contributed by atoms with Crippen LogP contribution in [0.5, 0.6) is 0 Å². The normalized spacial score (nSPS) is 14.3. The van der Waals surface area contributed by atoms with Gasteiger partial charge in [-0.2, -0.15) is 0 Å². The molecular weight excluding hydrogens is 1250 g/mol. The van der Waals surface area contributed by atoms with Crippen molar-refractivity contribution in [2.75, 3.05) is 39.6 Å². The summed E-state index contributed by atoms with van der Waals surface area (Å²) in [4.78, 5) is 72.8. The number of ether oxygens (including phenoxy) is 4. The summed E-state index contributed by atoms with van der Waals surface area (Å²) < 4.78 is 68.5. The molecule has 0 saturated carbocycles. The summed E-state index contributed by atoms with van der Waals surface area (Å²) in [6.07, 6.45) is 55.3. The fourth-order valence-electron chi connectivity index (χ4n) is 11.6. The van der Waals surface area contributed by atoms with Crippen molar-refractivity contribution in [3.8, 4) is 0 Å². The number of hydrogen-bond acceptors (Lipinski definition) is 15. The maximum Gasteiger partial charge on any atom is 0.472 e. The van der Waals surface area contributed by atoms with Gasteiger partial charge < -0.3 is 33.8 Å². The summed E-state index contributed by atoms with van der Waals surface area (Å²) in [7, 11) is -9.91. The van der Waals surface area contributed by atoms with Crippen molar-refractivity contribution < 1.29 is 80.2 Å². The number of phosphoric ester groups is 2. The van der Waals surface area contributed by atoms with Crippen molar-refractivity contribution in [2.45, 2.75) is 413 Å². The fraction of sp³-hybridized carbons (Fsp3) is 0.947. The van der Waals surface area contributed by atoms with Crippen molar-refractivity contribution >= 4 is 39.5 Å². The smallest absolute Gasteiger partial charge is 0.462 e. The summed E-state index contributed by atoms with van der Waals surface area (Å²) in [5.74, 6) is -0.540. The molecule has 0 spiro atoms. The molecule has 3 N–H and O–H groups in total. The zero-order chi connectivity index (χ0) is 70.0. The van der Waals surface area contributed by atoms with E-state index in [9.17, 15) is 43.2 Å². The second kappa shape index (κ2) is 67.9. The molecule has 19 heteroatoms. The lowest BCUT2D eigenvalue weighted by Gasteiger charge is -2.21. The van der Waals surface area contributed by atoms with Gasteiger partial charge in [0.1, 0.15) is 19.3 Å². The maximum atomic E-state index is 13.1. The Labute approximate surface area is 581 Å². The molecule has 0 rings (SSSR count). The minimum atomic E-state index is -4.96. The van der Waals surface area contributed by atoms with Crippen LogP contribution in [0.15, 0.2) is 0 Å². The van der Waals surface area contributed by atoms with Gasteiger partial charge in [0, 0.05) is 25.7 Å². The zero-order valence-corrected chi connectivity index (χ0v) is 63.8. The first-order valence-corrected chi connectivity index (χ1v) is 42.5. The van der Waals surface area contributed by atoms with Crippen molar-refractivity contribution in [1.29, 1.82) is 0 Å². The molecule has 0 amide bonds. The number of aliphatic hydroxyl groups excluding tert-OH is 1. The Bertz CT molecular complexity index is 1840. The van der Waals surface area contributed by atoms with Crippen LogP contribution < -0.4 is 0 Å². The number of unbranched alkanes of at least 4 members (excludes halogenated alkanes) is 44. The molecule has 0 fully saturated rings. The molecule has 0 radical (unpaired) electrons. The van der Waals surface area contributed by atoms with Crippen LogP contribution in [0.4, 0.5) is 0 Å². The largest absolute Gasteiger partial charge is 0.472 e. The van der Waals surface area contributed by atoms with Crippen LogP contribution in [0.1, 0.15) is 395 Å². The number of rotatable bonds is 75. The molecule has 0 aliphatic carbocycles. The van der Waals surface area contributed by atoms with E-state index < -0.39 is 97.5 Å². The SMILES string of the molecule is CCCCCCCCCCCCCCCCCCCC(=O)O[C@H](COC(=O)CCCCCCCCCCCCCC(C)C)COP(=O)(O)OC[C@@H](O)COP(=O)(O)OC[C@@H](COC(=O)CCCCCCCCCCCC)OC(=O)CCCCCCCCCCCCC(C)CC. The Balaban J connectivity index is 5.25. The van der Waals surface area contributed by atoms with Crippen molar-refractivity contribution in [2.24, 2.45) is 11.8 Å². The van der Waals surface area contributed by atoms with Crippen molar-refractivity contribution in [3.05, 3.63) is 0 Å². The van der Waals surface area contributed by atoms with Gasteiger partial charge in [-0.25, -0.2) is 9.13 Å². The Morgan fingerprint density at radius 2 is 0.537 bits per heavy atom. The van der Waals surface area contributed by atoms with Gasteiger partial charge in [0.2, 0.25) is 0 Å². The predicted octanol–water partition coefficient (Wildman–Crippen LogP) is 22.3. The molecule has 95 heavy (non-hydrogen) atoms. The number of esters is 4. The highest BCUT2D eigenvalue weighted by atomic mass is 31.2. The van der Waals surface area contributed by atoms with Gasteiger partial charge >= 0.3 is 39.5 Å². The molecule has 3 unspecified atom stereocenters. The minimum Gasteiger partial charge on any atom is -0.462 e. The maximum absolute atomic E-state index is 13.1. The Morgan fingerprint density at radius 1 is 0.305 bits per heavy atom. The van der Waals surface area contributed by atoms with Crippen LogP contribution in [-0.2, 0) is 65.4 Å². The molecule has 0 aromatic carbocycles. The highest BCUT2D eigenvalue weighted by Gasteiger charge is 2.30. The van der Waals surface area contributed by atoms with Gasteiger partial charge in [-0.1, -0.05) is 343 Å². The second-order valence-corrected chi connectivity index (χ2v) is 31.0. The third-order valence-electron chi connectivity index (χ3n) is 18.1. The number of carbonyl (C=O) groups is 4. The third-order valence-corrected chi connectivity index (χ3v) is 20.0. The average Bonchev–Trinajstić information content (AvgIpc) is 1.74. The quantitative estimate of drug-likeness (QED) is 0.0222. The summed E-state index contributed by atoms with van der Waals surface area (Å²) in [6.45, 7) is 9.62. The predicted molar refractivity (Wildman–Crippen MR) is 386 cm³/mol. The van der Waals surface area contributed by atoms with Crippen LogP contribution >= 0.6 is 15.6 Å². The minimum absolute atomic E-state index is 0.106. The lowest BCUT2D eigenvalue weighted by molar-refractivity contribution is -0.161. The lowest BCUT2D eigenvalue weighted by atomic mass is 9.99. The van der Waals surface area contributed by atoms with Gasteiger partial charge in [-0.05, 0) is 37.5 Å². The number of phosphoric acid groups is 2. The number of hydrogen-bond donors (Lipinski definition) is 3. The topological polar surface area (TPSA) is 237 Å². The van der Waals surface area contributed by atoms with Gasteiger partial charge in [0.05, 0.1) is 26.4 Å². The van der Waals surface area contributed by atoms with E-state index >= 15 is 0 Å². The Kier molecular flexibility index (Phi) is 66.5. The molecule has 0 bridgehead atoms. The molecular formula is C76H148O17P2. The highest BCUT2D eigenvalue weighted by molar-refractivity contribution is 7.47. The second-order valence-electron chi connectivity index (χ2n) is 28.1. The van der Waals surface area contributed by atoms with E-state index in [1.807, 2.05) is 0 Å². The Hall–Kier alpha value is -1.94. The van der Waals surface area contributed by atoms with E-state index in [1.165, 1.54) is 212 Å². The molecule has 17 nitrogen and oxygen atoms in total. The summed E-state index contributed by atoms with van der Waals surface area (Å²) in [5.41, 5.74) is 0. The average molecular weight is 1400 g/mol. The van der Waals surface area contributed by atoms with E-state index in [4.69, 9.17) is 37.0 Å². The van der Waals surface area contributed by atoms with Gasteiger partial charge in [-0.3, -0.25) is 37.3 Å². The monoisotopic (exact) mass is 1400 g/mol. The van der Waals surface area contributed by atoms with E-state index in [2.05, 4.69) is 41.5 Å². The number of carbonyl (C=O) groups excluding carboxylic acids is 4. The number of aliphatic hydroxyl groups is 1. The molecule has 0 aliphatic heterocycles. The van der Waals surface area contributed by atoms with Crippen molar-refractivity contribution in [1.82, 2.24) is 0 Å². The van der Waals surface area contributed by atoms with Gasteiger partial charge in [-0.15, -0.1) is 0 Å². The van der Waals surface area contributed by atoms with E-state index in [1.54, 1.807) is 0 Å². The molecule has 0 aromatic rings. The first-order chi connectivity index (χ1) is 45.9. The van der Waals surface area contributed by atoms with Crippen molar-refractivity contribution in [3.63, 3.8) is 0 Å². The zero-order valence-electron chi connectivity index (χ0n) is 62.0. The molecule has 6 atom stereocenters. The van der Waals surface area contributed by atoms with E-state index in [-0.39, 0.29) is 25.7 Å².